The predicted octanol–water partition coefficient (Wildman–Crippen LogP) is 1.19. The van der Waals surface area contributed by atoms with E-state index < -0.39 is 16.0 Å². The van der Waals surface area contributed by atoms with Gasteiger partial charge in [-0.3, -0.25) is 4.79 Å². The van der Waals surface area contributed by atoms with E-state index in [9.17, 15) is 18.0 Å². The Hall–Kier alpha value is -3.09. The van der Waals surface area contributed by atoms with Crippen molar-refractivity contribution in [3.05, 3.63) is 58.6 Å². The van der Waals surface area contributed by atoms with Crippen LogP contribution in [0.5, 0.6) is 0 Å². The topological polar surface area (TPSA) is 126 Å². The van der Waals surface area contributed by atoms with Crippen LogP contribution >= 0.6 is 11.3 Å². The van der Waals surface area contributed by atoms with Gasteiger partial charge in [0.25, 0.3) is 15.6 Å². The zero-order valence-electron chi connectivity index (χ0n) is 16.5. The molecule has 1 aliphatic heterocycles. The molecule has 162 valence electrons. The van der Waals surface area contributed by atoms with Crippen LogP contribution in [0.2, 0.25) is 0 Å². The first-order valence-corrected chi connectivity index (χ1v) is 11.6. The maximum absolute atomic E-state index is 13.1. The number of carbonyl (C=O) groups excluding carboxylic acids is 1. The lowest BCUT2D eigenvalue weighted by Gasteiger charge is -2.34. The number of pyridine rings is 1. The van der Waals surface area contributed by atoms with Crippen molar-refractivity contribution in [3.8, 4) is 10.6 Å². The van der Waals surface area contributed by atoms with Gasteiger partial charge in [0, 0.05) is 32.2 Å². The summed E-state index contributed by atoms with van der Waals surface area (Å²) in [5.41, 5.74) is 1.23. The van der Waals surface area contributed by atoms with Crippen LogP contribution in [0, 0.1) is 0 Å². The molecule has 1 fully saturated rings. The highest BCUT2D eigenvalue weighted by Crippen LogP contribution is 2.31. The van der Waals surface area contributed by atoms with E-state index in [-0.39, 0.29) is 15.5 Å². The lowest BCUT2D eigenvalue weighted by atomic mass is 10.3. The Labute approximate surface area is 182 Å². The monoisotopic (exact) mass is 461 g/mol. The van der Waals surface area contributed by atoms with E-state index in [4.69, 9.17) is 0 Å². The maximum Gasteiger partial charge on any atom is 0.356 e. The molecule has 1 saturated heterocycles. The standard InChI is InChI=1S/C19H19N5O5S2/c1-29-19(26)15-3-2-13(12-20-15)23-8-10-24(11-9-23)31(27,28)18-7-5-16(30-18)14-4-6-17(25)22-21-14/h2-7,12H,8-11H2,1H3,(H,22,25). The number of rotatable bonds is 5. The molecule has 1 aliphatic rings. The molecule has 0 spiro atoms. The molecule has 0 atom stereocenters. The van der Waals surface area contributed by atoms with E-state index >= 15 is 0 Å². The molecular formula is C19H19N5O5S2. The van der Waals surface area contributed by atoms with E-state index in [0.29, 0.717) is 36.8 Å². The van der Waals surface area contributed by atoms with Crippen LogP contribution in [0.25, 0.3) is 10.6 Å². The molecule has 0 bridgehead atoms. The van der Waals surface area contributed by atoms with Crippen LogP contribution in [-0.2, 0) is 14.8 Å². The molecule has 0 radical (unpaired) electrons. The predicted molar refractivity (Wildman–Crippen MR) is 115 cm³/mol. The summed E-state index contributed by atoms with van der Waals surface area (Å²) in [4.78, 5) is 29.5. The van der Waals surface area contributed by atoms with Crippen molar-refractivity contribution >= 4 is 33.0 Å². The molecule has 12 heteroatoms. The van der Waals surface area contributed by atoms with Gasteiger partial charge in [0.1, 0.15) is 15.6 Å². The van der Waals surface area contributed by atoms with E-state index in [1.54, 1.807) is 36.5 Å². The third kappa shape index (κ3) is 4.36. The Balaban J connectivity index is 1.44. The second-order valence-corrected chi connectivity index (χ2v) is 9.96. The summed E-state index contributed by atoms with van der Waals surface area (Å²) in [6, 6.07) is 9.50. The van der Waals surface area contributed by atoms with Crippen molar-refractivity contribution in [3.63, 3.8) is 0 Å². The van der Waals surface area contributed by atoms with Crippen LogP contribution in [-0.4, -0.2) is 67.2 Å². The Morgan fingerprint density at radius 1 is 1.10 bits per heavy atom. The van der Waals surface area contributed by atoms with Crippen LogP contribution in [0.1, 0.15) is 10.5 Å². The molecule has 4 heterocycles. The van der Waals surface area contributed by atoms with Gasteiger partial charge in [0.15, 0.2) is 0 Å². The van der Waals surface area contributed by atoms with Gasteiger partial charge in [0.2, 0.25) is 0 Å². The van der Waals surface area contributed by atoms with Gasteiger partial charge in [-0.25, -0.2) is 23.3 Å². The maximum atomic E-state index is 13.1. The summed E-state index contributed by atoms with van der Waals surface area (Å²) in [7, 11) is -2.34. The first-order chi connectivity index (χ1) is 14.9. The number of aromatic amines is 1. The Morgan fingerprint density at radius 3 is 2.48 bits per heavy atom. The summed E-state index contributed by atoms with van der Waals surface area (Å²) in [6.45, 7) is 1.65. The first-order valence-electron chi connectivity index (χ1n) is 9.34. The Bertz CT molecular complexity index is 1220. The van der Waals surface area contributed by atoms with Crippen molar-refractivity contribution in [1.82, 2.24) is 19.5 Å². The lowest BCUT2D eigenvalue weighted by Crippen LogP contribution is -2.48. The zero-order valence-corrected chi connectivity index (χ0v) is 18.1. The number of carbonyl (C=O) groups is 1. The normalized spacial score (nSPS) is 15.1. The van der Waals surface area contributed by atoms with Crippen molar-refractivity contribution in [2.45, 2.75) is 4.21 Å². The molecule has 10 nitrogen and oxygen atoms in total. The molecule has 31 heavy (non-hydrogen) atoms. The summed E-state index contributed by atoms with van der Waals surface area (Å²) in [5.74, 6) is -0.505. The molecule has 3 aromatic heterocycles. The molecule has 0 aromatic carbocycles. The fourth-order valence-corrected chi connectivity index (χ4v) is 6.04. The second kappa shape index (κ2) is 8.57. The summed E-state index contributed by atoms with van der Waals surface area (Å²) in [6.07, 6.45) is 1.58. The molecule has 0 aliphatic carbocycles. The smallest absolute Gasteiger partial charge is 0.356 e. The summed E-state index contributed by atoms with van der Waals surface area (Å²) < 4.78 is 32.4. The number of sulfonamides is 1. The van der Waals surface area contributed by atoms with E-state index in [1.165, 1.54) is 17.5 Å². The van der Waals surface area contributed by atoms with Gasteiger partial charge >= 0.3 is 5.97 Å². The molecule has 4 rings (SSSR count). The number of anilines is 1. The van der Waals surface area contributed by atoms with Crippen LogP contribution in [0.4, 0.5) is 5.69 Å². The van der Waals surface area contributed by atoms with Crippen LogP contribution in [0.15, 0.2) is 51.6 Å². The van der Waals surface area contributed by atoms with Gasteiger partial charge in [-0.1, -0.05) is 0 Å². The third-order valence-electron chi connectivity index (χ3n) is 4.85. The van der Waals surface area contributed by atoms with Crippen molar-refractivity contribution in [2.24, 2.45) is 0 Å². The first kappa shape index (κ1) is 21.2. The van der Waals surface area contributed by atoms with Gasteiger partial charge in [-0.15, -0.1) is 11.3 Å². The third-order valence-corrected chi connectivity index (χ3v) is 8.33. The SMILES string of the molecule is COC(=O)c1ccc(N2CCN(S(=O)(=O)c3ccc(-c4ccc(=O)[nH]n4)s3)CC2)cn1. The van der Waals surface area contributed by atoms with Crippen molar-refractivity contribution in [2.75, 3.05) is 38.2 Å². The lowest BCUT2D eigenvalue weighted by molar-refractivity contribution is 0.0594. The number of hydrogen-bond donors (Lipinski definition) is 1. The minimum atomic E-state index is -3.64. The number of piperazine rings is 1. The molecule has 0 amide bonds. The largest absolute Gasteiger partial charge is 0.464 e. The minimum Gasteiger partial charge on any atom is -0.464 e. The average Bonchev–Trinajstić information content (AvgIpc) is 3.30. The quantitative estimate of drug-likeness (QED) is 0.562. The Morgan fingerprint density at radius 2 is 1.87 bits per heavy atom. The van der Waals surface area contributed by atoms with E-state index in [2.05, 4.69) is 19.9 Å². The van der Waals surface area contributed by atoms with Gasteiger partial charge in [-0.2, -0.15) is 9.40 Å². The van der Waals surface area contributed by atoms with Crippen molar-refractivity contribution < 1.29 is 17.9 Å². The van der Waals surface area contributed by atoms with Crippen LogP contribution in [0.3, 0.4) is 0 Å². The number of H-pyrrole nitrogens is 1. The van der Waals surface area contributed by atoms with Gasteiger partial charge in [-0.05, 0) is 30.3 Å². The second-order valence-electron chi connectivity index (χ2n) is 6.71. The number of ether oxygens (including phenoxy) is 1. The Kier molecular flexibility index (Phi) is 5.85. The molecule has 0 saturated carbocycles. The van der Waals surface area contributed by atoms with E-state index in [0.717, 1.165) is 17.0 Å². The summed E-state index contributed by atoms with van der Waals surface area (Å²) >= 11 is 1.11. The number of methoxy groups -OCH3 is 1. The molecule has 1 N–H and O–H groups in total. The summed E-state index contributed by atoms with van der Waals surface area (Å²) in [5, 5.41) is 6.29. The highest BCUT2D eigenvalue weighted by Gasteiger charge is 2.30. The fraction of sp³-hybridized carbons (Fsp3) is 0.263. The number of esters is 1. The van der Waals surface area contributed by atoms with Crippen LogP contribution < -0.4 is 10.5 Å². The number of nitrogens with one attached hydrogen (secondary N) is 1. The fourth-order valence-electron chi connectivity index (χ4n) is 3.19. The highest BCUT2D eigenvalue weighted by atomic mass is 32.2. The molecular weight excluding hydrogens is 442 g/mol. The zero-order chi connectivity index (χ0) is 22.0. The highest BCUT2D eigenvalue weighted by molar-refractivity contribution is 7.91. The number of nitrogens with zero attached hydrogens (tertiary/aromatic N) is 4. The average molecular weight is 462 g/mol. The molecule has 3 aromatic rings. The van der Waals surface area contributed by atoms with Crippen molar-refractivity contribution in [1.29, 1.82) is 0 Å². The van der Waals surface area contributed by atoms with Gasteiger partial charge < -0.3 is 9.64 Å². The number of hydrogen-bond acceptors (Lipinski definition) is 9. The number of aromatic nitrogens is 3. The van der Waals surface area contributed by atoms with Gasteiger partial charge in [0.05, 0.1) is 23.9 Å². The molecule has 0 unspecified atom stereocenters. The minimum absolute atomic E-state index is 0.220. The van der Waals surface area contributed by atoms with E-state index in [1.807, 2.05) is 4.90 Å². The number of thiophene rings is 1.